The highest BCUT2D eigenvalue weighted by molar-refractivity contribution is 5.89. The van der Waals surface area contributed by atoms with E-state index in [-0.39, 0.29) is 0 Å². The molecule has 0 radical (unpaired) electrons. The highest BCUT2D eigenvalue weighted by Gasteiger charge is 2.30. The van der Waals surface area contributed by atoms with Crippen LogP contribution in [0.5, 0.6) is 0 Å². The molecule has 0 aliphatic carbocycles. The van der Waals surface area contributed by atoms with Gasteiger partial charge in [-0.3, -0.25) is 4.90 Å². The fourth-order valence-corrected chi connectivity index (χ4v) is 3.92. The Morgan fingerprint density at radius 3 is 2.70 bits per heavy atom. The van der Waals surface area contributed by atoms with Crippen LogP contribution in [0.15, 0.2) is 30.6 Å². The maximum absolute atomic E-state index is 4.58. The summed E-state index contributed by atoms with van der Waals surface area (Å²) in [5, 5.41) is 1.17. The van der Waals surface area contributed by atoms with Gasteiger partial charge in [0.15, 0.2) is 0 Å². The van der Waals surface area contributed by atoms with Crippen molar-refractivity contribution in [2.45, 2.75) is 19.4 Å². The topological polar surface area (TPSA) is 35.5 Å². The summed E-state index contributed by atoms with van der Waals surface area (Å²) in [6.45, 7) is 10.5. The molecular weight excluding hydrogens is 286 g/mol. The zero-order valence-corrected chi connectivity index (χ0v) is 13.9. The fraction of sp³-hybridized carbons (Fsp3) is 0.556. The Bertz CT molecular complexity index is 660. The number of anilines is 1. The van der Waals surface area contributed by atoms with Crippen LogP contribution in [0.1, 0.15) is 13.3 Å². The molecule has 122 valence electrons. The number of rotatable bonds is 3. The van der Waals surface area contributed by atoms with E-state index in [0.717, 1.165) is 24.4 Å². The van der Waals surface area contributed by atoms with Crippen LogP contribution in [0, 0.1) is 0 Å². The summed E-state index contributed by atoms with van der Waals surface area (Å²) in [7, 11) is 0. The van der Waals surface area contributed by atoms with Crippen molar-refractivity contribution in [1.82, 2.24) is 19.8 Å². The molecule has 1 atom stereocenters. The standard InChI is InChI=1S/C18H25N5/c1-2-21-9-11-22(12-10-21)15-7-8-23(13-15)18-16-5-3-4-6-17(16)19-14-20-18/h3-6,14-15H,2,7-13H2,1H3. The summed E-state index contributed by atoms with van der Waals surface area (Å²) in [6, 6.07) is 8.99. The van der Waals surface area contributed by atoms with Gasteiger partial charge in [-0.25, -0.2) is 9.97 Å². The number of hydrogen-bond acceptors (Lipinski definition) is 5. The van der Waals surface area contributed by atoms with Crippen LogP contribution in [0.4, 0.5) is 5.82 Å². The first-order chi connectivity index (χ1) is 11.3. The molecule has 2 aliphatic heterocycles. The smallest absolute Gasteiger partial charge is 0.139 e. The van der Waals surface area contributed by atoms with E-state index < -0.39 is 0 Å². The highest BCUT2D eigenvalue weighted by Crippen LogP contribution is 2.27. The molecule has 5 heteroatoms. The van der Waals surface area contributed by atoms with Crippen molar-refractivity contribution in [1.29, 1.82) is 0 Å². The Balaban J connectivity index is 1.48. The summed E-state index contributed by atoms with van der Waals surface area (Å²) in [6.07, 6.45) is 2.94. The van der Waals surface area contributed by atoms with Crippen LogP contribution in [-0.4, -0.2) is 71.6 Å². The average Bonchev–Trinajstić information content (AvgIpc) is 3.11. The summed E-state index contributed by atoms with van der Waals surface area (Å²) >= 11 is 0. The van der Waals surface area contributed by atoms with E-state index in [1.54, 1.807) is 6.33 Å². The second-order valence-corrected chi connectivity index (χ2v) is 6.57. The Labute approximate surface area is 137 Å². The van der Waals surface area contributed by atoms with Gasteiger partial charge in [0, 0.05) is 50.7 Å². The lowest BCUT2D eigenvalue weighted by Gasteiger charge is -2.37. The Morgan fingerprint density at radius 2 is 1.87 bits per heavy atom. The van der Waals surface area contributed by atoms with Crippen molar-refractivity contribution in [3.63, 3.8) is 0 Å². The zero-order chi connectivity index (χ0) is 15.6. The van der Waals surface area contributed by atoms with Crippen LogP contribution in [0.3, 0.4) is 0 Å². The Morgan fingerprint density at radius 1 is 1.04 bits per heavy atom. The monoisotopic (exact) mass is 311 g/mol. The second-order valence-electron chi connectivity index (χ2n) is 6.57. The SMILES string of the molecule is CCN1CCN(C2CCN(c3ncnc4ccccc34)C2)CC1. The van der Waals surface area contributed by atoms with Crippen LogP contribution in [-0.2, 0) is 0 Å². The van der Waals surface area contributed by atoms with Crippen molar-refractivity contribution in [2.24, 2.45) is 0 Å². The van der Waals surface area contributed by atoms with E-state index in [0.29, 0.717) is 6.04 Å². The zero-order valence-electron chi connectivity index (χ0n) is 13.9. The summed E-state index contributed by atoms with van der Waals surface area (Å²) in [5.74, 6) is 1.10. The molecule has 1 aromatic carbocycles. The summed E-state index contributed by atoms with van der Waals surface area (Å²) in [4.78, 5) is 16.6. The van der Waals surface area contributed by atoms with Crippen molar-refractivity contribution >= 4 is 16.7 Å². The molecule has 0 spiro atoms. The number of para-hydroxylation sites is 1. The molecule has 3 heterocycles. The number of fused-ring (bicyclic) bond motifs is 1. The molecule has 0 amide bonds. The van der Waals surface area contributed by atoms with Gasteiger partial charge in [-0.05, 0) is 25.1 Å². The predicted octanol–water partition coefficient (Wildman–Crippen LogP) is 1.85. The van der Waals surface area contributed by atoms with Crippen molar-refractivity contribution in [3.05, 3.63) is 30.6 Å². The molecule has 5 nitrogen and oxygen atoms in total. The third kappa shape index (κ3) is 2.91. The lowest BCUT2D eigenvalue weighted by molar-refractivity contribution is 0.107. The van der Waals surface area contributed by atoms with Gasteiger partial charge in [-0.2, -0.15) is 0 Å². The molecular formula is C18H25N5. The van der Waals surface area contributed by atoms with Gasteiger partial charge in [0.1, 0.15) is 12.1 Å². The number of hydrogen-bond donors (Lipinski definition) is 0. The van der Waals surface area contributed by atoms with Crippen LogP contribution >= 0.6 is 0 Å². The number of nitrogens with zero attached hydrogens (tertiary/aromatic N) is 5. The van der Waals surface area contributed by atoms with Gasteiger partial charge < -0.3 is 9.80 Å². The van der Waals surface area contributed by atoms with Gasteiger partial charge in [-0.1, -0.05) is 19.1 Å². The molecule has 0 saturated carbocycles. The van der Waals surface area contributed by atoms with Crippen molar-refractivity contribution in [2.75, 3.05) is 50.7 Å². The Kier molecular flexibility index (Phi) is 4.14. The van der Waals surface area contributed by atoms with Crippen molar-refractivity contribution in [3.8, 4) is 0 Å². The summed E-state index contributed by atoms with van der Waals surface area (Å²) < 4.78 is 0. The molecule has 2 aromatic rings. The normalized spacial score (nSPS) is 23.7. The molecule has 2 fully saturated rings. The third-order valence-corrected chi connectivity index (χ3v) is 5.36. The van der Waals surface area contributed by atoms with E-state index in [2.05, 4.69) is 49.8 Å². The minimum atomic E-state index is 0.669. The van der Waals surface area contributed by atoms with Gasteiger partial charge in [0.2, 0.25) is 0 Å². The first-order valence-electron chi connectivity index (χ1n) is 8.76. The number of piperazine rings is 1. The first-order valence-corrected chi connectivity index (χ1v) is 8.76. The maximum atomic E-state index is 4.58. The molecule has 2 saturated heterocycles. The minimum Gasteiger partial charge on any atom is -0.354 e. The molecule has 1 aromatic heterocycles. The van der Waals surface area contributed by atoms with Gasteiger partial charge in [0.05, 0.1) is 5.52 Å². The minimum absolute atomic E-state index is 0.669. The Hall–Kier alpha value is -1.72. The van der Waals surface area contributed by atoms with Crippen molar-refractivity contribution < 1.29 is 0 Å². The van der Waals surface area contributed by atoms with Crippen LogP contribution in [0.2, 0.25) is 0 Å². The average molecular weight is 311 g/mol. The lowest BCUT2D eigenvalue weighted by atomic mass is 10.2. The van der Waals surface area contributed by atoms with Gasteiger partial charge in [-0.15, -0.1) is 0 Å². The quantitative estimate of drug-likeness (QED) is 0.864. The molecule has 2 aliphatic rings. The third-order valence-electron chi connectivity index (χ3n) is 5.36. The number of aromatic nitrogens is 2. The summed E-state index contributed by atoms with van der Waals surface area (Å²) in [5.41, 5.74) is 1.04. The molecule has 4 rings (SSSR count). The van der Waals surface area contributed by atoms with Crippen LogP contribution < -0.4 is 4.90 Å². The highest BCUT2D eigenvalue weighted by atomic mass is 15.3. The van der Waals surface area contributed by atoms with E-state index in [9.17, 15) is 0 Å². The van der Waals surface area contributed by atoms with Gasteiger partial charge in [0.25, 0.3) is 0 Å². The van der Waals surface area contributed by atoms with Gasteiger partial charge >= 0.3 is 0 Å². The molecule has 1 unspecified atom stereocenters. The number of benzene rings is 1. The maximum Gasteiger partial charge on any atom is 0.139 e. The largest absolute Gasteiger partial charge is 0.354 e. The molecule has 0 bridgehead atoms. The first kappa shape index (κ1) is 14.8. The number of likely N-dealkylation sites (N-methyl/N-ethyl adjacent to an activating group) is 1. The van der Waals surface area contributed by atoms with E-state index in [4.69, 9.17) is 0 Å². The fourth-order valence-electron chi connectivity index (χ4n) is 3.92. The lowest BCUT2D eigenvalue weighted by Crippen LogP contribution is -2.50. The predicted molar refractivity (Wildman–Crippen MR) is 93.8 cm³/mol. The van der Waals surface area contributed by atoms with Crippen LogP contribution in [0.25, 0.3) is 10.9 Å². The molecule has 23 heavy (non-hydrogen) atoms. The second kappa shape index (κ2) is 6.42. The van der Waals surface area contributed by atoms with E-state index >= 15 is 0 Å². The van der Waals surface area contributed by atoms with E-state index in [1.165, 1.54) is 44.5 Å². The van der Waals surface area contributed by atoms with E-state index in [1.807, 2.05) is 6.07 Å². The molecule has 0 N–H and O–H groups in total.